The third-order valence-corrected chi connectivity index (χ3v) is 3.72. The van der Waals surface area contributed by atoms with Crippen LogP contribution in [0.2, 0.25) is 0 Å². The van der Waals surface area contributed by atoms with Crippen LogP contribution in [0.4, 0.5) is 10.5 Å². The molecule has 2 aromatic carbocycles. The van der Waals surface area contributed by atoms with E-state index in [4.69, 9.17) is 21.6 Å². The average Bonchev–Trinajstić information content (AvgIpc) is 2.63. The van der Waals surface area contributed by atoms with Crippen LogP contribution in [0.1, 0.15) is 19.4 Å². The quantitative estimate of drug-likeness (QED) is 0.662. The minimum Gasteiger partial charge on any atom is -0.457 e. The van der Waals surface area contributed by atoms with Gasteiger partial charge in [-0.2, -0.15) is 0 Å². The van der Waals surface area contributed by atoms with Gasteiger partial charge >= 0.3 is 6.09 Å². The lowest BCUT2D eigenvalue weighted by Gasteiger charge is -2.33. The Balaban J connectivity index is 1.84. The Labute approximate surface area is 158 Å². The number of terminal acetylenes is 1. The Morgan fingerprint density at radius 2 is 2.00 bits per heavy atom. The number of nitrogens with zero attached hydrogens (tertiary/aromatic N) is 3. The Bertz CT molecular complexity index is 903. The first kappa shape index (κ1) is 18.1. The molecule has 0 aromatic heterocycles. The molecule has 1 aliphatic heterocycles. The molecule has 0 radical (unpaired) electrons. The number of guanidine groups is 1. The fourth-order valence-electron chi connectivity index (χ4n) is 2.55. The highest BCUT2D eigenvalue weighted by Gasteiger charge is 2.28. The van der Waals surface area contributed by atoms with Crippen molar-refractivity contribution >= 4 is 17.7 Å². The molecule has 27 heavy (non-hydrogen) atoms. The number of ether oxygens (including phenoxy) is 2. The van der Waals surface area contributed by atoms with Gasteiger partial charge in [0.25, 0.3) is 0 Å². The molecule has 0 saturated heterocycles. The normalized spacial score (nSPS) is 12.7. The van der Waals surface area contributed by atoms with Gasteiger partial charge in [-0.05, 0) is 44.2 Å². The summed E-state index contributed by atoms with van der Waals surface area (Å²) in [6.07, 6.45) is 4.49. The summed E-state index contributed by atoms with van der Waals surface area (Å²) in [6.45, 7) is 3.74. The predicted octanol–water partition coefficient (Wildman–Crippen LogP) is 3.59. The standard InChI is InChI=1S/C20H20N4O3/c1-4-23(20(25)26-14(2)3)24-13-15-12-17(10-11-18(15)22-19(24)21)27-16-8-6-5-7-9-16/h1,5-12,14H,13H2,2-3H3,(H2,21,22). The summed E-state index contributed by atoms with van der Waals surface area (Å²) >= 11 is 0. The average molecular weight is 364 g/mol. The maximum absolute atomic E-state index is 12.2. The topological polar surface area (TPSA) is 80.4 Å². The molecule has 7 nitrogen and oxygen atoms in total. The number of benzene rings is 2. The highest BCUT2D eigenvalue weighted by atomic mass is 16.6. The van der Waals surface area contributed by atoms with Crippen LogP contribution in [0.25, 0.3) is 0 Å². The van der Waals surface area contributed by atoms with Gasteiger partial charge in [-0.25, -0.2) is 14.8 Å². The van der Waals surface area contributed by atoms with Gasteiger partial charge in [-0.15, -0.1) is 5.01 Å². The summed E-state index contributed by atoms with van der Waals surface area (Å²) in [6, 6.07) is 17.2. The van der Waals surface area contributed by atoms with Crippen LogP contribution in [0.5, 0.6) is 11.5 Å². The number of amides is 1. The van der Waals surface area contributed by atoms with Gasteiger partial charge in [0.2, 0.25) is 5.96 Å². The third-order valence-electron chi connectivity index (χ3n) is 3.72. The lowest BCUT2D eigenvalue weighted by Crippen LogP contribution is -2.51. The van der Waals surface area contributed by atoms with Crippen LogP contribution >= 0.6 is 0 Å². The first-order chi connectivity index (χ1) is 13.0. The maximum Gasteiger partial charge on any atom is 0.441 e. The summed E-state index contributed by atoms with van der Waals surface area (Å²) < 4.78 is 11.0. The fraction of sp³-hybridized carbons (Fsp3) is 0.200. The zero-order chi connectivity index (χ0) is 19.4. The van der Waals surface area contributed by atoms with Crippen LogP contribution in [0.15, 0.2) is 53.5 Å². The van der Waals surface area contributed by atoms with Crippen molar-refractivity contribution in [2.75, 3.05) is 0 Å². The number of nitrogens with two attached hydrogens (primary N) is 1. The molecule has 2 N–H and O–H groups in total. The molecule has 0 bridgehead atoms. The smallest absolute Gasteiger partial charge is 0.441 e. The minimum absolute atomic E-state index is 0.109. The predicted molar refractivity (Wildman–Crippen MR) is 102 cm³/mol. The maximum atomic E-state index is 12.2. The number of rotatable bonds is 4. The van der Waals surface area contributed by atoms with E-state index in [0.717, 1.165) is 16.3 Å². The van der Waals surface area contributed by atoms with Gasteiger partial charge in [0.05, 0.1) is 18.3 Å². The van der Waals surface area contributed by atoms with Crippen molar-refractivity contribution < 1.29 is 14.3 Å². The number of carbonyl (C=O) groups is 1. The Kier molecular flexibility index (Phi) is 5.18. The van der Waals surface area contributed by atoms with Gasteiger partial charge < -0.3 is 15.2 Å². The molecule has 1 aliphatic rings. The van der Waals surface area contributed by atoms with E-state index in [9.17, 15) is 4.79 Å². The number of hydrazine groups is 1. The Morgan fingerprint density at radius 1 is 1.26 bits per heavy atom. The van der Waals surface area contributed by atoms with Gasteiger partial charge in [0.1, 0.15) is 11.5 Å². The molecule has 7 heteroatoms. The summed E-state index contributed by atoms with van der Waals surface area (Å²) in [4.78, 5) is 16.6. The second-order valence-electron chi connectivity index (χ2n) is 6.11. The fourth-order valence-corrected chi connectivity index (χ4v) is 2.55. The Morgan fingerprint density at radius 3 is 2.67 bits per heavy atom. The van der Waals surface area contributed by atoms with Crippen LogP contribution < -0.4 is 10.5 Å². The molecule has 0 fully saturated rings. The zero-order valence-corrected chi connectivity index (χ0v) is 15.1. The molecule has 138 valence electrons. The second-order valence-corrected chi connectivity index (χ2v) is 6.11. The number of para-hydroxylation sites is 1. The van der Waals surface area contributed by atoms with Crippen LogP contribution in [-0.4, -0.2) is 28.2 Å². The van der Waals surface area contributed by atoms with Crippen molar-refractivity contribution in [1.29, 1.82) is 0 Å². The summed E-state index contributed by atoms with van der Waals surface area (Å²) in [7, 11) is 0. The van der Waals surface area contributed by atoms with E-state index < -0.39 is 6.09 Å². The summed E-state index contributed by atoms with van der Waals surface area (Å²) in [5.41, 5.74) is 7.51. The van der Waals surface area contributed by atoms with E-state index in [0.29, 0.717) is 11.4 Å². The molecule has 0 aliphatic carbocycles. The number of carbonyl (C=O) groups excluding carboxylic acids is 1. The van der Waals surface area contributed by atoms with E-state index in [-0.39, 0.29) is 18.6 Å². The van der Waals surface area contributed by atoms with Crippen molar-refractivity contribution in [1.82, 2.24) is 10.0 Å². The van der Waals surface area contributed by atoms with Crippen LogP contribution in [0, 0.1) is 12.5 Å². The van der Waals surface area contributed by atoms with Crippen LogP contribution in [-0.2, 0) is 11.3 Å². The molecular weight excluding hydrogens is 344 g/mol. The highest BCUT2D eigenvalue weighted by molar-refractivity contribution is 5.86. The molecule has 1 amide bonds. The van der Waals surface area contributed by atoms with Crippen molar-refractivity contribution in [3.8, 4) is 24.0 Å². The molecule has 3 rings (SSSR count). The lowest BCUT2D eigenvalue weighted by atomic mass is 10.1. The molecule has 0 spiro atoms. The van der Waals surface area contributed by atoms with E-state index in [1.165, 1.54) is 5.01 Å². The SMILES string of the molecule is C#CN(C(=O)OC(C)C)N1Cc2cc(Oc3ccccc3)ccc2N=C1N. The second kappa shape index (κ2) is 7.70. The van der Waals surface area contributed by atoms with E-state index in [2.05, 4.69) is 11.0 Å². The number of aliphatic imine (C=N–C) groups is 1. The van der Waals surface area contributed by atoms with Gasteiger partial charge in [0, 0.05) is 11.6 Å². The highest BCUT2D eigenvalue weighted by Crippen LogP contribution is 2.31. The number of hydrogen-bond acceptors (Lipinski definition) is 6. The first-order valence-corrected chi connectivity index (χ1v) is 8.42. The van der Waals surface area contributed by atoms with Crippen molar-refractivity contribution in [2.45, 2.75) is 26.5 Å². The van der Waals surface area contributed by atoms with Crippen molar-refractivity contribution in [2.24, 2.45) is 10.7 Å². The molecule has 2 aromatic rings. The van der Waals surface area contributed by atoms with Crippen molar-refractivity contribution in [3.63, 3.8) is 0 Å². The largest absolute Gasteiger partial charge is 0.457 e. The molecule has 1 heterocycles. The molecule has 0 saturated carbocycles. The first-order valence-electron chi connectivity index (χ1n) is 8.42. The minimum atomic E-state index is -0.689. The molecular formula is C20H20N4O3. The Hall–Kier alpha value is -3.66. The third kappa shape index (κ3) is 4.12. The van der Waals surface area contributed by atoms with E-state index >= 15 is 0 Å². The molecule has 0 atom stereocenters. The zero-order valence-electron chi connectivity index (χ0n) is 15.1. The van der Waals surface area contributed by atoms with Crippen molar-refractivity contribution in [3.05, 3.63) is 54.1 Å². The van der Waals surface area contributed by atoms with E-state index in [1.54, 1.807) is 13.8 Å². The number of hydrogen-bond donors (Lipinski definition) is 1. The number of fused-ring (bicyclic) bond motifs is 1. The van der Waals surface area contributed by atoms with Gasteiger partial charge in [-0.1, -0.05) is 24.6 Å². The lowest BCUT2D eigenvalue weighted by molar-refractivity contribution is 0.0386. The monoisotopic (exact) mass is 364 g/mol. The molecule has 0 unspecified atom stereocenters. The summed E-state index contributed by atoms with van der Waals surface area (Å²) in [5, 5.41) is 2.37. The van der Waals surface area contributed by atoms with Gasteiger partial charge in [-0.3, -0.25) is 0 Å². The summed E-state index contributed by atoms with van der Waals surface area (Å²) in [5.74, 6) is 1.48. The van der Waals surface area contributed by atoms with E-state index in [1.807, 2.05) is 48.5 Å². The van der Waals surface area contributed by atoms with Gasteiger partial charge in [0.15, 0.2) is 0 Å². The van der Waals surface area contributed by atoms with Crippen LogP contribution in [0.3, 0.4) is 0 Å².